The molecule has 1 unspecified atom stereocenters. The molecule has 0 aromatic carbocycles. The Morgan fingerprint density at radius 2 is 1.77 bits per heavy atom. The van der Waals surface area contributed by atoms with Crippen LogP contribution in [0.15, 0.2) is 0 Å². The van der Waals surface area contributed by atoms with E-state index in [4.69, 9.17) is 9.47 Å². The van der Waals surface area contributed by atoms with E-state index >= 15 is 0 Å². The number of aliphatic carboxylic acids is 1. The second kappa shape index (κ2) is 8.98. The van der Waals surface area contributed by atoms with Crippen molar-refractivity contribution in [3.63, 3.8) is 0 Å². The summed E-state index contributed by atoms with van der Waals surface area (Å²) in [6.45, 7) is 11.9. The van der Waals surface area contributed by atoms with E-state index in [-0.39, 0.29) is 12.5 Å². The molecule has 130 valence electrons. The van der Waals surface area contributed by atoms with Crippen molar-refractivity contribution in [1.82, 2.24) is 5.32 Å². The third-order valence-corrected chi connectivity index (χ3v) is 3.52. The van der Waals surface area contributed by atoms with Crippen molar-refractivity contribution in [3.05, 3.63) is 0 Å². The minimum atomic E-state index is -1.06. The number of carbonyl (C=O) groups excluding carboxylic acids is 1. The third kappa shape index (κ3) is 7.11. The van der Waals surface area contributed by atoms with Crippen LogP contribution in [0.1, 0.15) is 54.4 Å². The molecule has 0 aliphatic carbocycles. The molecule has 0 aromatic rings. The second-order valence-electron chi connectivity index (χ2n) is 6.83. The molecule has 0 aliphatic heterocycles. The van der Waals surface area contributed by atoms with Crippen LogP contribution < -0.4 is 5.32 Å². The van der Waals surface area contributed by atoms with Gasteiger partial charge in [-0.1, -0.05) is 20.8 Å². The van der Waals surface area contributed by atoms with Gasteiger partial charge in [0.25, 0.3) is 0 Å². The van der Waals surface area contributed by atoms with Crippen molar-refractivity contribution in [1.29, 1.82) is 0 Å². The van der Waals surface area contributed by atoms with E-state index in [9.17, 15) is 14.7 Å². The predicted molar refractivity (Wildman–Crippen MR) is 84.9 cm³/mol. The van der Waals surface area contributed by atoms with Crippen molar-refractivity contribution < 1.29 is 24.2 Å². The summed E-state index contributed by atoms with van der Waals surface area (Å²) >= 11 is 0. The lowest BCUT2D eigenvalue weighted by atomic mass is 9.74. The van der Waals surface area contributed by atoms with Crippen LogP contribution >= 0.6 is 0 Å². The highest BCUT2D eigenvalue weighted by Gasteiger charge is 2.42. The summed E-state index contributed by atoms with van der Waals surface area (Å²) < 4.78 is 10.6. The molecule has 0 bridgehead atoms. The maximum atomic E-state index is 11.8. The summed E-state index contributed by atoms with van der Waals surface area (Å²) in [5.74, 6) is -1.08. The first-order chi connectivity index (χ1) is 10.0. The fourth-order valence-electron chi connectivity index (χ4n) is 2.06. The zero-order valence-corrected chi connectivity index (χ0v) is 14.7. The van der Waals surface area contributed by atoms with Gasteiger partial charge in [-0.2, -0.15) is 0 Å². The predicted octanol–water partition coefficient (Wildman–Crippen LogP) is 3.05. The van der Waals surface area contributed by atoms with Gasteiger partial charge >= 0.3 is 12.1 Å². The van der Waals surface area contributed by atoms with Crippen molar-refractivity contribution in [3.8, 4) is 0 Å². The standard InChI is InChI=1S/C16H31NO5/c1-7-9-21-10-8-16(12(2)3,13(18)19)11-17-14(20)22-15(4,5)6/h12H,7-11H2,1-6H3,(H,17,20)(H,18,19). The summed E-state index contributed by atoms with van der Waals surface area (Å²) in [5, 5.41) is 12.2. The number of rotatable bonds is 9. The zero-order chi connectivity index (χ0) is 17.4. The molecule has 6 nitrogen and oxygen atoms in total. The Hall–Kier alpha value is -1.30. The highest BCUT2D eigenvalue weighted by atomic mass is 16.6. The molecule has 0 aromatic heterocycles. The van der Waals surface area contributed by atoms with Crippen molar-refractivity contribution in [2.24, 2.45) is 11.3 Å². The molecular formula is C16H31NO5. The van der Waals surface area contributed by atoms with Crippen LogP contribution in [0, 0.1) is 11.3 Å². The van der Waals surface area contributed by atoms with E-state index in [1.54, 1.807) is 20.8 Å². The van der Waals surface area contributed by atoms with Gasteiger partial charge < -0.3 is 19.9 Å². The first-order valence-corrected chi connectivity index (χ1v) is 7.83. The molecule has 0 spiro atoms. The lowest BCUT2D eigenvalue weighted by molar-refractivity contribution is -0.153. The Morgan fingerprint density at radius 3 is 2.18 bits per heavy atom. The minimum Gasteiger partial charge on any atom is -0.481 e. The SMILES string of the molecule is CCCOCCC(CNC(=O)OC(C)(C)C)(C(=O)O)C(C)C. The zero-order valence-electron chi connectivity index (χ0n) is 14.7. The van der Waals surface area contributed by atoms with Gasteiger partial charge in [0.05, 0.1) is 5.41 Å². The summed E-state index contributed by atoms with van der Waals surface area (Å²) in [6, 6.07) is 0. The summed E-state index contributed by atoms with van der Waals surface area (Å²) in [6.07, 6.45) is 0.626. The number of carboxylic acid groups (broad SMARTS) is 1. The molecule has 0 rings (SSSR count). The highest BCUT2D eigenvalue weighted by molar-refractivity contribution is 5.76. The van der Waals surface area contributed by atoms with E-state index in [1.807, 2.05) is 20.8 Å². The highest BCUT2D eigenvalue weighted by Crippen LogP contribution is 2.31. The van der Waals surface area contributed by atoms with E-state index < -0.39 is 23.1 Å². The van der Waals surface area contributed by atoms with Gasteiger partial charge in [0.15, 0.2) is 0 Å². The van der Waals surface area contributed by atoms with Gasteiger partial charge in [-0.3, -0.25) is 4.79 Å². The van der Waals surface area contributed by atoms with Crippen molar-refractivity contribution >= 4 is 12.1 Å². The fourth-order valence-corrected chi connectivity index (χ4v) is 2.06. The molecule has 0 radical (unpaired) electrons. The largest absolute Gasteiger partial charge is 0.481 e. The van der Waals surface area contributed by atoms with Crippen LogP contribution in [0.4, 0.5) is 4.79 Å². The third-order valence-electron chi connectivity index (χ3n) is 3.52. The lowest BCUT2D eigenvalue weighted by Gasteiger charge is -2.33. The number of ether oxygens (including phenoxy) is 2. The Kier molecular flexibility index (Phi) is 8.45. The van der Waals surface area contributed by atoms with Gasteiger partial charge in [0.1, 0.15) is 5.60 Å². The monoisotopic (exact) mass is 317 g/mol. The first kappa shape index (κ1) is 20.7. The van der Waals surface area contributed by atoms with Crippen LogP contribution in [0.25, 0.3) is 0 Å². The first-order valence-electron chi connectivity index (χ1n) is 7.83. The number of carboxylic acids is 1. The van der Waals surface area contributed by atoms with Gasteiger partial charge in [-0.15, -0.1) is 0 Å². The van der Waals surface area contributed by atoms with Crippen LogP contribution in [0.3, 0.4) is 0 Å². The fraction of sp³-hybridized carbons (Fsp3) is 0.875. The van der Waals surface area contributed by atoms with E-state index in [0.717, 1.165) is 6.42 Å². The molecule has 1 atom stereocenters. The molecule has 22 heavy (non-hydrogen) atoms. The number of hydrogen-bond donors (Lipinski definition) is 2. The molecule has 0 heterocycles. The molecule has 0 saturated carbocycles. The molecule has 0 saturated heterocycles. The molecular weight excluding hydrogens is 286 g/mol. The van der Waals surface area contributed by atoms with Gasteiger partial charge in [0.2, 0.25) is 0 Å². The Labute approximate surface area is 133 Å². The van der Waals surface area contributed by atoms with Crippen molar-refractivity contribution in [2.75, 3.05) is 19.8 Å². The van der Waals surface area contributed by atoms with E-state index in [2.05, 4.69) is 5.32 Å². The topological polar surface area (TPSA) is 84.9 Å². The van der Waals surface area contributed by atoms with Crippen LogP contribution in [-0.4, -0.2) is 42.5 Å². The molecule has 0 aliphatic rings. The quantitative estimate of drug-likeness (QED) is 0.638. The Morgan fingerprint density at radius 1 is 1.18 bits per heavy atom. The summed E-state index contributed by atoms with van der Waals surface area (Å²) in [5.41, 5.74) is -1.68. The smallest absolute Gasteiger partial charge is 0.407 e. The summed E-state index contributed by atoms with van der Waals surface area (Å²) in [7, 11) is 0. The summed E-state index contributed by atoms with van der Waals surface area (Å²) in [4.78, 5) is 23.5. The lowest BCUT2D eigenvalue weighted by Crippen LogP contribution is -2.48. The van der Waals surface area contributed by atoms with E-state index in [0.29, 0.717) is 19.6 Å². The minimum absolute atomic E-state index is 0.0183. The number of carbonyl (C=O) groups is 2. The second-order valence-corrected chi connectivity index (χ2v) is 6.83. The van der Waals surface area contributed by atoms with Crippen LogP contribution in [-0.2, 0) is 14.3 Å². The Bertz CT molecular complexity index is 362. The van der Waals surface area contributed by atoms with Crippen LogP contribution in [0.5, 0.6) is 0 Å². The van der Waals surface area contributed by atoms with Crippen molar-refractivity contribution in [2.45, 2.75) is 60.0 Å². The van der Waals surface area contributed by atoms with Gasteiger partial charge in [-0.25, -0.2) is 4.79 Å². The van der Waals surface area contributed by atoms with Gasteiger partial charge in [0, 0.05) is 19.8 Å². The molecule has 1 amide bonds. The average molecular weight is 317 g/mol. The number of nitrogens with one attached hydrogen (secondary N) is 1. The molecule has 2 N–H and O–H groups in total. The number of alkyl carbamates (subject to hydrolysis) is 1. The number of amides is 1. The van der Waals surface area contributed by atoms with Gasteiger partial charge in [-0.05, 0) is 39.5 Å². The maximum Gasteiger partial charge on any atom is 0.407 e. The average Bonchev–Trinajstić information content (AvgIpc) is 2.35. The van der Waals surface area contributed by atoms with Crippen LogP contribution in [0.2, 0.25) is 0 Å². The number of hydrogen-bond acceptors (Lipinski definition) is 4. The molecule has 0 fully saturated rings. The Balaban J connectivity index is 4.78. The normalized spacial score (nSPS) is 14.5. The van der Waals surface area contributed by atoms with E-state index in [1.165, 1.54) is 0 Å². The maximum absolute atomic E-state index is 11.8. The molecule has 6 heteroatoms.